The molecule has 2 aromatic rings. The van der Waals surface area contributed by atoms with E-state index in [1.54, 1.807) is 18.2 Å². The van der Waals surface area contributed by atoms with Gasteiger partial charge in [0.2, 0.25) is 0 Å². The number of hydrogen-bond donors (Lipinski definition) is 0. The monoisotopic (exact) mass is 308 g/mol. The molecule has 0 aliphatic carbocycles. The van der Waals surface area contributed by atoms with Gasteiger partial charge in [0.1, 0.15) is 5.75 Å². The van der Waals surface area contributed by atoms with Gasteiger partial charge in [-0.15, -0.1) is 10.2 Å². The smallest absolute Gasteiger partial charge is 0.190 e. The van der Waals surface area contributed by atoms with Crippen molar-refractivity contribution in [2.45, 2.75) is 50.3 Å². The summed E-state index contributed by atoms with van der Waals surface area (Å²) >= 11 is 0. The molecule has 0 saturated heterocycles. The van der Waals surface area contributed by atoms with Crippen LogP contribution in [0.25, 0.3) is 0 Å². The molecule has 1 aromatic carbocycles. The fourth-order valence-electron chi connectivity index (χ4n) is 1.80. The van der Waals surface area contributed by atoms with Crippen LogP contribution in [0.1, 0.15) is 39.1 Å². The zero-order valence-electron chi connectivity index (χ0n) is 12.7. The lowest BCUT2D eigenvalue weighted by Crippen LogP contribution is -2.24. The van der Waals surface area contributed by atoms with Gasteiger partial charge in [0.05, 0.1) is 10.4 Å². The average molecular weight is 308 g/mol. The fourth-order valence-corrected chi connectivity index (χ4v) is 3.04. The number of benzene rings is 1. The molecule has 21 heavy (non-hydrogen) atoms. The lowest BCUT2D eigenvalue weighted by atomic mass is 10.1. The first-order valence-corrected chi connectivity index (χ1v) is 8.48. The number of rotatable bonds is 4. The van der Waals surface area contributed by atoms with Crippen LogP contribution in [0.5, 0.6) is 0 Å². The van der Waals surface area contributed by atoms with Crippen LogP contribution >= 0.6 is 0 Å². The molecule has 0 aliphatic rings. The molecular formula is C14H20N4O2S. The van der Waals surface area contributed by atoms with Crippen LogP contribution in [-0.4, -0.2) is 28.6 Å². The highest BCUT2D eigenvalue weighted by molar-refractivity contribution is 7.90. The molecule has 0 bridgehead atoms. The van der Waals surface area contributed by atoms with Gasteiger partial charge in [0.15, 0.2) is 15.7 Å². The molecule has 6 nitrogen and oxygen atoms in total. The van der Waals surface area contributed by atoms with E-state index in [1.807, 2.05) is 33.8 Å². The van der Waals surface area contributed by atoms with Crippen molar-refractivity contribution < 1.29 is 8.42 Å². The third kappa shape index (κ3) is 3.66. The van der Waals surface area contributed by atoms with Crippen molar-refractivity contribution in [1.82, 2.24) is 20.2 Å². The van der Waals surface area contributed by atoms with Crippen LogP contribution in [0, 0.1) is 0 Å². The quantitative estimate of drug-likeness (QED) is 0.863. The van der Waals surface area contributed by atoms with Gasteiger partial charge in [-0.1, -0.05) is 19.1 Å². The van der Waals surface area contributed by atoms with Crippen LogP contribution < -0.4 is 0 Å². The molecule has 0 saturated carbocycles. The third-order valence-corrected chi connectivity index (χ3v) is 4.65. The number of aryl methyl sites for hydroxylation is 1. The minimum absolute atomic E-state index is 0.215. The van der Waals surface area contributed by atoms with Crippen LogP contribution in [0.3, 0.4) is 0 Å². The molecule has 2 rings (SSSR count). The number of tetrazole rings is 1. The molecule has 1 heterocycles. The van der Waals surface area contributed by atoms with E-state index in [2.05, 4.69) is 15.4 Å². The molecule has 0 spiro atoms. The van der Waals surface area contributed by atoms with Crippen molar-refractivity contribution in [2.24, 2.45) is 0 Å². The van der Waals surface area contributed by atoms with Gasteiger partial charge in [-0.05, 0) is 50.1 Å². The fraction of sp³-hybridized carbons (Fsp3) is 0.500. The first kappa shape index (κ1) is 15.6. The van der Waals surface area contributed by atoms with Crippen LogP contribution in [-0.2, 0) is 27.5 Å². The first-order chi connectivity index (χ1) is 9.72. The Kier molecular flexibility index (Phi) is 4.13. The summed E-state index contributed by atoms with van der Waals surface area (Å²) in [5, 5.41) is 11.9. The van der Waals surface area contributed by atoms with Crippen molar-refractivity contribution in [1.29, 1.82) is 0 Å². The largest absolute Gasteiger partial charge is 0.223 e. The zero-order valence-corrected chi connectivity index (χ0v) is 13.6. The lowest BCUT2D eigenvalue weighted by molar-refractivity contribution is 0.305. The van der Waals surface area contributed by atoms with Crippen molar-refractivity contribution >= 4 is 9.84 Å². The van der Waals surface area contributed by atoms with E-state index in [-0.39, 0.29) is 17.1 Å². The highest BCUT2D eigenvalue weighted by Crippen LogP contribution is 2.17. The number of aromatic nitrogens is 4. The molecule has 0 amide bonds. The summed E-state index contributed by atoms with van der Waals surface area (Å²) in [5.74, 6) is -0.0252. The summed E-state index contributed by atoms with van der Waals surface area (Å²) in [6, 6.07) is 6.96. The van der Waals surface area contributed by atoms with Crippen molar-refractivity contribution in [2.75, 3.05) is 0 Å². The van der Waals surface area contributed by atoms with Crippen LogP contribution in [0.2, 0.25) is 0 Å². The molecule has 1 aromatic heterocycles. The molecule has 0 radical (unpaired) electrons. The van der Waals surface area contributed by atoms with E-state index in [4.69, 9.17) is 0 Å². The molecule has 0 unspecified atom stereocenters. The Morgan fingerprint density at radius 1 is 1.24 bits per heavy atom. The molecular weight excluding hydrogens is 288 g/mol. The molecule has 0 atom stereocenters. The van der Waals surface area contributed by atoms with Gasteiger partial charge in [0.25, 0.3) is 0 Å². The number of hydrogen-bond acceptors (Lipinski definition) is 5. The van der Waals surface area contributed by atoms with E-state index in [1.165, 1.54) is 4.80 Å². The second-order valence-corrected chi connectivity index (χ2v) is 7.92. The lowest BCUT2D eigenvalue weighted by Gasteiger charge is -2.15. The molecule has 114 valence electrons. The summed E-state index contributed by atoms with van der Waals surface area (Å²) in [6.45, 7) is 7.77. The van der Waals surface area contributed by atoms with Crippen molar-refractivity contribution in [3.8, 4) is 0 Å². The Morgan fingerprint density at radius 2 is 1.95 bits per heavy atom. The maximum atomic E-state index is 12.4. The Balaban J connectivity index is 2.27. The molecule has 7 heteroatoms. The minimum Gasteiger partial charge on any atom is -0.223 e. The Labute approximate surface area is 125 Å². The van der Waals surface area contributed by atoms with E-state index in [0.29, 0.717) is 4.90 Å². The van der Waals surface area contributed by atoms with Gasteiger partial charge in [0, 0.05) is 0 Å². The van der Waals surface area contributed by atoms with Gasteiger partial charge in [-0.2, -0.15) is 4.80 Å². The van der Waals surface area contributed by atoms with Crippen molar-refractivity contribution in [3.05, 3.63) is 35.7 Å². The van der Waals surface area contributed by atoms with Crippen LogP contribution in [0.15, 0.2) is 29.2 Å². The van der Waals surface area contributed by atoms with E-state index in [0.717, 1.165) is 12.0 Å². The number of nitrogens with zero attached hydrogens (tertiary/aromatic N) is 4. The Hall–Kier alpha value is -1.76. The van der Waals surface area contributed by atoms with E-state index >= 15 is 0 Å². The normalized spacial score (nSPS) is 12.6. The summed E-state index contributed by atoms with van der Waals surface area (Å²) in [7, 11) is -3.46. The molecule has 0 aliphatic heterocycles. The van der Waals surface area contributed by atoms with Gasteiger partial charge >= 0.3 is 0 Å². The van der Waals surface area contributed by atoms with Crippen LogP contribution in [0.4, 0.5) is 0 Å². The summed E-state index contributed by atoms with van der Waals surface area (Å²) in [6.07, 6.45) is 0.793. The summed E-state index contributed by atoms with van der Waals surface area (Å²) < 4.78 is 24.8. The summed E-state index contributed by atoms with van der Waals surface area (Å²) in [4.78, 5) is 1.73. The summed E-state index contributed by atoms with van der Waals surface area (Å²) in [5.41, 5.74) is 0.666. The first-order valence-electron chi connectivity index (χ1n) is 6.83. The standard InChI is InChI=1S/C14H20N4O2S/c1-5-11-7-6-8-12(9-11)21(19,20)10-13-15-17-18(16-13)14(2,3)4/h6-9H,5,10H2,1-4H3. The minimum atomic E-state index is -3.46. The second kappa shape index (κ2) is 5.55. The number of sulfone groups is 1. The van der Waals surface area contributed by atoms with Gasteiger partial charge < -0.3 is 0 Å². The van der Waals surface area contributed by atoms with Crippen molar-refractivity contribution in [3.63, 3.8) is 0 Å². The predicted octanol–water partition coefficient (Wildman–Crippen LogP) is 1.96. The van der Waals surface area contributed by atoms with Gasteiger partial charge in [-0.3, -0.25) is 0 Å². The maximum absolute atomic E-state index is 12.4. The van der Waals surface area contributed by atoms with Gasteiger partial charge in [-0.25, -0.2) is 8.42 Å². The second-order valence-electron chi connectivity index (χ2n) is 5.93. The topological polar surface area (TPSA) is 77.7 Å². The zero-order chi connectivity index (χ0) is 15.7. The highest BCUT2D eigenvalue weighted by atomic mass is 32.2. The third-order valence-electron chi connectivity index (χ3n) is 3.04. The average Bonchev–Trinajstić information content (AvgIpc) is 2.86. The Bertz CT molecular complexity index is 729. The maximum Gasteiger partial charge on any atom is 0.190 e. The molecule has 0 N–H and O–H groups in total. The van der Waals surface area contributed by atoms with E-state index in [9.17, 15) is 8.42 Å². The SMILES string of the molecule is CCc1cccc(S(=O)(=O)Cc2nnn(C(C)(C)C)n2)c1. The highest BCUT2D eigenvalue weighted by Gasteiger charge is 2.22. The predicted molar refractivity (Wildman–Crippen MR) is 79.5 cm³/mol. The van der Waals surface area contributed by atoms with E-state index < -0.39 is 9.84 Å². The molecule has 0 fully saturated rings. The Morgan fingerprint density at radius 3 is 2.52 bits per heavy atom.